The predicted molar refractivity (Wildman–Crippen MR) is 66.8 cm³/mol. The molecule has 0 fully saturated rings. The van der Waals surface area contributed by atoms with Gasteiger partial charge < -0.3 is 5.11 Å². The van der Waals surface area contributed by atoms with Gasteiger partial charge in [0.25, 0.3) is 0 Å². The summed E-state index contributed by atoms with van der Waals surface area (Å²) in [6, 6.07) is 0. The largest absolute Gasteiger partial charge is 0.396 e. The minimum absolute atomic E-state index is 0.0594. The average molecular weight is 251 g/mol. The Morgan fingerprint density at radius 2 is 1.81 bits per heavy atom. The minimum atomic E-state index is -3.12. The highest BCUT2D eigenvalue weighted by molar-refractivity contribution is 7.89. The Morgan fingerprint density at radius 1 is 1.12 bits per heavy atom. The van der Waals surface area contributed by atoms with Gasteiger partial charge in [-0.1, -0.05) is 26.7 Å². The lowest BCUT2D eigenvalue weighted by molar-refractivity contribution is 0.287. The third-order valence-corrected chi connectivity index (χ3v) is 3.82. The SMILES string of the molecule is CC(C)CCCCNS(=O)(=O)CCCCO. The van der Waals surface area contributed by atoms with Gasteiger partial charge in [0.15, 0.2) is 0 Å². The normalized spacial score (nSPS) is 12.2. The number of rotatable bonds is 10. The summed E-state index contributed by atoms with van der Waals surface area (Å²) >= 11 is 0. The van der Waals surface area contributed by atoms with Crippen molar-refractivity contribution < 1.29 is 13.5 Å². The van der Waals surface area contributed by atoms with Crippen molar-refractivity contribution in [1.29, 1.82) is 0 Å². The first-order valence-electron chi connectivity index (χ1n) is 6.06. The van der Waals surface area contributed by atoms with Gasteiger partial charge in [0.2, 0.25) is 10.0 Å². The van der Waals surface area contributed by atoms with Gasteiger partial charge in [0.05, 0.1) is 5.75 Å². The fourth-order valence-electron chi connectivity index (χ4n) is 1.38. The summed E-state index contributed by atoms with van der Waals surface area (Å²) in [5, 5.41) is 8.55. The van der Waals surface area contributed by atoms with Crippen molar-refractivity contribution in [2.75, 3.05) is 18.9 Å². The number of nitrogens with one attached hydrogen (secondary N) is 1. The van der Waals surface area contributed by atoms with Gasteiger partial charge in [-0.2, -0.15) is 0 Å². The zero-order chi connectivity index (χ0) is 12.4. The molecule has 0 radical (unpaired) electrons. The number of aliphatic hydroxyl groups is 1. The summed E-state index contributed by atoms with van der Waals surface area (Å²) in [4.78, 5) is 0. The molecule has 4 nitrogen and oxygen atoms in total. The smallest absolute Gasteiger partial charge is 0.211 e. The van der Waals surface area contributed by atoms with E-state index in [0.29, 0.717) is 25.3 Å². The first kappa shape index (κ1) is 15.9. The second kappa shape index (κ2) is 8.96. The maximum Gasteiger partial charge on any atom is 0.211 e. The molecule has 0 rings (SSSR count). The highest BCUT2D eigenvalue weighted by Crippen LogP contribution is 2.05. The molecule has 0 aromatic heterocycles. The van der Waals surface area contributed by atoms with Crippen LogP contribution in [0.25, 0.3) is 0 Å². The van der Waals surface area contributed by atoms with E-state index in [9.17, 15) is 8.42 Å². The van der Waals surface area contributed by atoms with Gasteiger partial charge in [-0.25, -0.2) is 13.1 Å². The topological polar surface area (TPSA) is 66.4 Å². The Balaban J connectivity index is 3.51. The van der Waals surface area contributed by atoms with Crippen LogP contribution in [0.3, 0.4) is 0 Å². The highest BCUT2D eigenvalue weighted by Gasteiger charge is 2.08. The Labute approximate surface area is 99.5 Å². The monoisotopic (exact) mass is 251 g/mol. The van der Waals surface area contributed by atoms with E-state index in [1.165, 1.54) is 0 Å². The van der Waals surface area contributed by atoms with Crippen LogP contribution in [0.2, 0.25) is 0 Å². The fourth-order valence-corrected chi connectivity index (χ4v) is 2.57. The summed E-state index contributed by atoms with van der Waals surface area (Å²) in [6.45, 7) is 4.93. The van der Waals surface area contributed by atoms with E-state index in [4.69, 9.17) is 5.11 Å². The third kappa shape index (κ3) is 10.4. The summed E-state index contributed by atoms with van der Waals surface area (Å²) in [7, 11) is -3.12. The van der Waals surface area contributed by atoms with E-state index in [1.54, 1.807) is 0 Å². The molecule has 0 saturated heterocycles. The highest BCUT2D eigenvalue weighted by atomic mass is 32.2. The van der Waals surface area contributed by atoms with Crippen molar-refractivity contribution >= 4 is 10.0 Å². The van der Waals surface area contributed by atoms with Crippen LogP contribution in [0.5, 0.6) is 0 Å². The molecule has 0 heterocycles. The molecule has 16 heavy (non-hydrogen) atoms. The molecule has 98 valence electrons. The standard InChI is InChI=1S/C11H25NO3S/c1-11(2)7-3-4-8-12-16(14,15)10-6-5-9-13/h11-13H,3-10H2,1-2H3. The number of sulfonamides is 1. The lowest BCUT2D eigenvalue weighted by atomic mass is 10.1. The van der Waals surface area contributed by atoms with E-state index in [2.05, 4.69) is 18.6 Å². The molecule has 0 aliphatic rings. The van der Waals surface area contributed by atoms with Crippen LogP contribution >= 0.6 is 0 Å². The minimum Gasteiger partial charge on any atom is -0.396 e. The third-order valence-electron chi connectivity index (χ3n) is 2.35. The Morgan fingerprint density at radius 3 is 2.38 bits per heavy atom. The van der Waals surface area contributed by atoms with Gasteiger partial charge in [0, 0.05) is 13.2 Å². The summed E-state index contributed by atoms with van der Waals surface area (Å²) in [5.41, 5.74) is 0. The Kier molecular flexibility index (Phi) is 8.89. The lowest BCUT2D eigenvalue weighted by Crippen LogP contribution is -2.27. The van der Waals surface area contributed by atoms with Gasteiger partial charge >= 0.3 is 0 Å². The second-order valence-corrected chi connectivity index (χ2v) is 6.46. The van der Waals surface area contributed by atoms with Gasteiger partial charge in [0.1, 0.15) is 0 Å². The van der Waals surface area contributed by atoms with Crippen LogP contribution < -0.4 is 4.72 Å². The fraction of sp³-hybridized carbons (Fsp3) is 1.00. The van der Waals surface area contributed by atoms with E-state index >= 15 is 0 Å². The summed E-state index contributed by atoms with van der Waals surface area (Å²) < 4.78 is 25.4. The van der Waals surface area contributed by atoms with Gasteiger partial charge in [-0.3, -0.25) is 0 Å². The number of hydrogen-bond donors (Lipinski definition) is 2. The quantitative estimate of drug-likeness (QED) is 0.578. The van der Waals surface area contributed by atoms with Crippen LogP contribution in [0.1, 0.15) is 46.0 Å². The van der Waals surface area contributed by atoms with E-state index in [0.717, 1.165) is 19.3 Å². The van der Waals surface area contributed by atoms with Crippen molar-refractivity contribution in [3.8, 4) is 0 Å². The summed E-state index contributed by atoms with van der Waals surface area (Å²) in [6.07, 6.45) is 4.19. The van der Waals surface area contributed by atoms with Crippen molar-refractivity contribution in [2.24, 2.45) is 5.92 Å². The molecule has 0 spiro atoms. The molecule has 0 atom stereocenters. The molecule has 0 bridgehead atoms. The number of hydrogen-bond acceptors (Lipinski definition) is 3. The molecule has 0 aliphatic carbocycles. The van der Waals surface area contributed by atoms with Crippen LogP contribution in [0, 0.1) is 5.92 Å². The van der Waals surface area contributed by atoms with Crippen LogP contribution in [0.15, 0.2) is 0 Å². The van der Waals surface area contributed by atoms with Crippen molar-refractivity contribution in [2.45, 2.75) is 46.0 Å². The lowest BCUT2D eigenvalue weighted by Gasteiger charge is -2.07. The zero-order valence-corrected chi connectivity index (χ0v) is 11.2. The maximum atomic E-state index is 11.4. The molecule has 0 aliphatic heterocycles. The van der Waals surface area contributed by atoms with Gasteiger partial charge in [-0.05, 0) is 25.2 Å². The molecule has 0 aromatic carbocycles. The van der Waals surface area contributed by atoms with Crippen LogP contribution in [0.4, 0.5) is 0 Å². The van der Waals surface area contributed by atoms with Crippen molar-refractivity contribution in [1.82, 2.24) is 4.72 Å². The van der Waals surface area contributed by atoms with Crippen LogP contribution in [-0.4, -0.2) is 32.4 Å². The molecular weight excluding hydrogens is 226 g/mol. The second-order valence-electron chi connectivity index (χ2n) is 4.53. The summed E-state index contributed by atoms with van der Waals surface area (Å²) in [5.74, 6) is 0.804. The predicted octanol–water partition coefficient (Wildman–Crippen LogP) is 1.50. The Hall–Kier alpha value is -0.130. The molecule has 5 heteroatoms. The van der Waals surface area contributed by atoms with E-state index in [1.807, 2.05) is 0 Å². The van der Waals surface area contributed by atoms with Crippen LogP contribution in [-0.2, 0) is 10.0 Å². The molecule has 0 saturated carbocycles. The molecule has 2 N–H and O–H groups in total. The van der Waals surface area contributed by atoms with Crippen molar-refractivity contribution in [3.63, 3.8) is 0 Å². The van der Waals surface area contributed by atoms with E-state index < -0.39 is 10.0 Å². The Bertz CT molecular complexity index is 250. The number of unbranched alkanes of at least 4 members (excludes halogenated alkanes) is 2. The first-order valence-corrected chi connectivity index (χ1v) is 7.71. The number of aliphatic hydroxyl groups excluding tert-OH is 1. The first-order chi connectivity index (χ1) is 7.48. The average Bonchev–Trinajstić information content (AvgIpc) is 2.16. The molecule has 0 aromatic rings. The van der Waals surface area contributed by atoms with E-state index in [-0.39, 0.29) is 12.4 Å². The zero-order valence-electron chi connectivity index (χ0n) is 10.4. The molecular formula is C11H25NO3S. The molecule has 0 amide bonds. The van der Waals surface area contributed by atoms with Gasteiger partial charge in [-0.15, -0.1) is 0 Å². The molecule has 0 unspecified atom stereocenters. The van der Waals surface area contributed by atoms with Crippen molar-refractivity contribution in [3.05, 3.63) is 0 Å². The maximum absolute atomic E-state index is 11.4.